The highest BCUT2D eigenvalue weighted by atomic mass is 35.5. The van der Waals surface area contributed by atoms with Crippen LogP contribution >= 0.6 is 11.6 Å². The van der Waals surface area contributed by atoms with E-state index in [-0.39, 0.29) is 5.78 Å². The molecule has 20 heavy (non-hydrogen) atoms. The number of hydrogen-bond donors (Lipinski definition) is 0. The molecule has 1 heterocycles. The number of para-hydroxylation sites is 1. The Balaban J connectivity index is 1.90. The second kappa shape index (κ2) is 5.31. The molecule has 0 N–H and O–H groups in total. The minimum absolute atomic E-state index is 0.0659. The van der Waals surface area contributed by atoms with E-state index in [4.69, 9.17) is 11.6 Å². The van der Waals surface area contributed by atoms with E-state index < -0.39 is 0 Å². The van der Waals surface area contributed by atoms with Gasteiger partial charge in [-0.15, -0.1) is 0 Å². The molecule has 0 bridgehead atoms. The molecule has 0 aliphatic rings. The van der Waals surface area contributed by atoms with Crippen molar-refractivity contribution in [2.24, 2.45) is 0 Å². The predicted molar refractivity (Wildman–Crippen MR) is 78.4 cm³/mol. The largest absolute Gasteiger partial charge is 0.288 e. The summed E-state index contributed by atoms with van der Waals surface area (Å²) in [6.45, 7) is 0. The number of hydrogen-bond acceptors (Lipinski definition) is 2. The number of carbonyl (C=O) groups excluding carboxylic acids is 1. The van der Waals surface area contributed by atoms with Gasteiger partial charge in [-0.2, -0.15) is 5.10 Å². The van der Waals surface area contributed by atoms with Crippen LogP contribution in [0, 0.1) is 0 Å². The van der Waals surface area contributed by atoms with Crippen LogP contribution in [0.3, 0.4) is 0 Å². The Morgan fingerprint density at radius 1 is 0.950 bits per heavy atom. The topological polar surface area (TPSA) is 34.9 Å². The fraction of sp³-hybridized carbons (Fsp3) is 0. The quantitative estimate of drug-likeness (QED) is 0.686. The number of aromatic nitrogens is 2. The van der Waals surface area contributed by atoms with Gasteiger partial charge in [0, 0.05) is 16.8 Å². The summed E-state index contributed by atoms with van der Waals surface area (Å²) < 4.78 is 1.68. The van der Waals surface area contributed by atoms with E-state index in [1.54, 1.807) is 41.3 Å². The summed E-state index contributed by atoms with van der Waals surface area (Å²) >= 11 is 5.82. The summed E-state index contributed by atoms with van der Waals surface area (Å²) in [4.78, 5) is 12.3. The SMILES string of the molecule is O=C(c1ccc(Cl)cc1)c1cnn(-c2ccccc2)c1. The number of rotatable bonds is 3. The van der Waals surface area contributed by atoms with Crippen molar-refractivity contribution in [3.05, 3.63) is 83.1 Å². The highest BCUT2D eigenvalue weighted by Gasteiger charge is 2.11. The second-order valence-corrected chi connectivity index (χ2v) is 4.78. The lowest BCUT2D eigenvalue weighted by molar-refractivity contribution is 0.103. The summed E-state index contributed by atoms with van der Waals surface area (Å²) in [5.41, 5.74) is 2.07. The standard InChI is InChI=1S/C16H11ClN2O/c17-14-8-6-12(7-9-14)16(20)13-10-18-19(11-13)15-4-2-1-3-5-15/h1-11H. The van der Waals surface area contributed by atoms with Gasteiger partial charge in [0.25, 0.3) is 0 Å². The van der Waals surface area contributed by atoms with Gasteiger partial charge in [-0.3, -0.25) is 4.79 Å². The summed E-state index contributed by atoms with van der Waals surface area (Å²) in [5.74, 6) is -0.0659. The van der Waals surface area contributed by atoms with Crippen LogP contribution in [0.2, 0.25) is 5.02 Å². The van der Waals surface area contributed by atoms with Gasteiger partial charge in [0.2, 0.25) is 0 Å². The zero-order valence-electron chi connectivity index (χ0n) is 10.5. The molecule has 0 aliphatic heterocycles. The molecular formula is C16H11ClN2O. The summed E-state index contributed by atoms with van der Waals surface area (Å²) in [6.07, 6.45) is 3.30. The smallest absolute Gasteiger partial charge is 0.196 e. The Morgan fingerprint density at radius 3 is 2.35 bits per heavy atom. The van der Waals surface area contributed by atoms with Crippen molar-refractivity contribution < 1.29 is 4.79 Å². The lowest BCUT2D eigenvalue weighted by atomic mass is 10.1. The van der Waals surface area contributed by atoms with Gasteiger partial charge in [-0.05, 0) is 36.4 Å². The summed E-state index contributed by atoms with van der Waals surface area (Å²) in [5, 5.41) is 4.83. The maximum absolute atomic E-state index is 12.3. The fourth-order valence-electron chi connectivity index (χ4n) is 1.93. The van der Waals surface area contributed by atoms with E-state index in [9.17, 15) is 4.79 Å². The molecule has 0 spiro atoms. The van der Waals surface area contributed by atoms with Crippen molar-refractivity contribution in [2.45, 2.75) is 0 Å². The summed E-state index contributed by atoms with van der Waals surface area (Å²) in [7, 11) is 0. The number of benzene rings is 2. The average molecular weight is 283 g/mol. The first-order valence-electron chi connectivity index (χ1n) is 6.14. The van der Waals surface area contributed by atoms with Crippen LogP contribution in [0.25, 0.3) is 5.69 Å². The molecule has 1 aromatic heterocycles. The van der Waals surface area contributed by atoms with Gasteiger partial charge >= 0.3 is 0 Å². The Kier molecular flexibility index (Phi) is 3.35. The minimum atomic E-state index is -0.0659. The highest BCUT2D eigenvalue weighted by Crippen LogP contribution is 2.15. The van der Waals surface area contributed by atoms with Gasteiger partial charge in [-0.1, -0.05) is 29.8 Å². The molecule has 0 saturated carbocycles. The highest BCUT2D eigenvalue weighted by molar-refractivity contribution is 6.30. The molecule has 0 saturated heterocycles. The van der Waals surface area contributed by atoms with E-state index >= 15 is 0 Å². The van der Waals surface area contributed by atoms with Crippen molar-refractivity contribution in [3.8, 4) is 5.69 Å². The molecule has 3 aromatic rings. The van der Waals surface area contributed by atoms with Crippen LogP contribution in [0.4, 0.5) is 0 Å². The predicted octanol–water partition coefficient (Wildman–Crippen LogP) is 3.76. The maximum Gasteiger partial charge on any atom is 0.196 e. The van der Waals surface area contributed by atoms with Crippen molar-refractivity contribution in [1.82, 2.24) is 9.78 Å². The Morgan fingerprint density at radius 2 is 1.65 bits per heavy atom. The van der Waals surface area contributed by atoms with Gasteiger partial charge in [0.15, 0.2) is 5.78 Å². The molecule has 0 radical (unpaired) electrons. The molecule has 3 rings (SSSR count). The Hall–Kier alpha value is -2.39. The van der Waals surface area contributed by atoms with E-state index in [0.29, 0.717) is 16.1 Å². The third kappa shape index (κ3) is 2.49. The van der Waals surface area contributed by atoms with Crippen LogP contribution in [0.5, 0.6) is 0 Å². The number of ketones is 1. The molecule has 0 atom stereocenters. The van der Waals surface area contributed by atoms with Crippen LogP contribution in [-0.2, 0) is 0 Å². The van der Waals surface area contributed by atoms with Crippen molar-refractivity contribution >= 4 is 17.4 Å². The molecule has 0 amide bonds. The molecule has 0 aliphatic carbocycles. The van der Waals surface area contributed by atoms with E-state index in [1.165, 1.54) is 0 Å². The van der Waals surface area contributed by atoms with Crippen LogP contribution in [0.1, 0.15) is 15.9 Å². The molecule has 4 heteroatoms. The van der Waals surface area contributed by atoms with Crippen molar-refractivity contribution in [1.29, 1.82) is 0 Å². The third-order valence-electron chi connectivity index (χ3n) is 2.97. The van der Waals surface area contributed by atoms with E-state index in [0.717, 1.165) is 5.69 Å². The maximum atomic E-state index is 12.3. The normalized spacial score (nSPS) is 10.4. The first-order chi connectivity index (χ1) is 9.74. The average Bonchev–Trinajstić information content (AvgIpc) is 2.98. The van der Waals surface area contributed by atoms with E-state index in [2.05, 4.69) is 5.10 Å². The number of carbonyl (C=O) groups is 1. The van der Waals surface area contributed by atoms with Crippen molar-refractivity contribution in [3.63, 3.8) is 0 Å². The third-order valence-corrected chi connectivity index (χ3v) is 3.22. The zero-order chi connectivity index (χ0) is 13.9. The van der Waals surface area contributed by atoms with E-state index in [1.807, 2.05) is 30.3 Å². The monoisotopic (exact) mass is 282 g/mol. The first-order valence-corrected chi connectivity index (χ1v) is 6.52. The van der Waals surface area contributed by atoms with Crippen LogP contribution < -0.4 is 0 Å². The number of nitrogens with zero attached hydrogens (tertiary/aromatic N) is 2. The molecule has 0 unspecified atom stereocenters. The molecular weight excluding hydrogens is 272 g/mol. The van der Waals surface area contributed by atoms with Gasteiger partial charge in [-0.25, -0.2) is 4.68 Å². The van der Waals surface area contributed by atoms with Gasteiger partial charge < -0.3 is 0 Å². The lowest BCUT2D eigenvalue weighted by Crippen LogP contribution is -1.99. The molecule has 2 aromatic carbocycles. The minimum Gasteiger partial charge on any atom is -0.288 e. The molecule has 98 valence electrons. The Labute approximate surface area is 121 Å². The number of halogens is 1. The molecule has 3 nitrogen and oxygen atoms in total. The molecule has 0 fully saturated rings. The van der Waals surface area contributed by atoms with Crippen molar-refractivity contribution in [2.75, 3.05) is 0 Å². The van der Waals surface area contributed by atoms with Gasteiger partial charge in [0.1, 0.15) is 0 Å². The lowest BCUT2D eigenvalue weighted by Gasteiger charge is -1.99. The zero-order valence-corrected chi connectivity index (χ0v) is 11.3. The fourth-order valence-corrected chi connectivity index (χ4v) is 2.06. The van der Waals surface area contributed by atoms with Gasteiger partial charge in [0.05, 0.1) is 17.4 Å². The van der Waals surface area contributed by atoms with Crippen LogP contribution in [0.15, 0.2) is 67.0 Å². The second-order valence-electron chi connectivity index (χ2n) is 4.35. The summed E-state index contributed by atoms with van der Waals surface area (Å²) in [6, 6.07) is 16.5. The van der Waals surface area contributed by atoms with Crippen LogP contribution in [-0.4, -0.2) is 15.6 Å². The first kappa shape index (κ1) is 12.6. The Bertz CT molecular complexity index is 733.